The van der Waals surface area contributed by atoms with Crippen LogP contribution in [0, 0.1) is 12.8 Å². The summed E-state index contributed by atoms with van der Waals surface area (Å²) in [5.41, 5.74) is 8.33. The van der Waals surface area contributed by atoms with Gasteiger partial charge in [0, 0.05) is 57.9 Å². The van der Waals surface area contributed by atoms with E-state index < -0.39 is 0 Å². The SMILES string of the molecule is Cc1cccc(N2CCN(CCC(=O)N3CCC(CN)C3)CC2)c1. The molecule has 5 heteroatoms. The van der Waals surface area contributed by atoms with Gasteiger partial charge in [-0.15, -0.1) is 0 Å². The van der Waals surface area contributed by atoms with Gasteiger partial charge in [-0.2, -0.15) is 0 Å². The van der Waals surface area contributed by atoms with Crippen molar-refractivity contribution in [3.05, 3.63) is 29.8 Å². The highest BCUT2D eigenvalue weighted by molar-refractivity contribution is 5.76. The first-order valence-corrected chi connectivity index (χ1v) is 9.17. The van der Waals surface area contributed by atoms with Crippen LogP contribution in [0.15, 0.2) is 24.3 Å². The van der Waals surface area contributed by atoms with Crippen LogP contribution < -0.4 is 10.6 Å². The van der Waals surface area contributed by atoms with Gasteiger partial charge in [0.25, 0.3) is 0 Å². The molecule has 0 radical (unpaired) electrons. The van der Waals surface area contributed by atoms with Gasteiger partial charge in [-0.3, -0.25) is 9.69 Å². The van der Waals surface area contributed by atoms with Crippen LogP contribution >= 0.6 is 0 Å². The summed E-state index contributed by atoms with van der Waals surface area (Å²) in [6.07, 6.45) is 1.71. The zero-order valence-electron chi connectivity index (χ0n) is 14.8. The molecule has 2 heterocycles. The fourth-order valence-electron chi connectivity index (χ4n) is 3.72. The van der Waals surface area contributed by atoms with Gasteiger partial charge in [0.1, 0.15) is 0 Å². The van der Waals surface area contributed by atoms with E-state index >= 15 is 0 Å². The zero-order chi connectivity index (χ0) is 16.9. The average Bonchev–Trinajstić information content (AvgIpc) is 3.09. The molecule has 0 spiro atoms. The third-order valence-electron chi connectivity index (χ3n) is 5.35. The van der Waals surface area contributed by atoms with Crippen molar-refractivity contribution in [3.63, 3.8) is 0 Å². The molecule has 1 amide bonds. The fraction of sp³-hybridized carbons (Fsp3) is 0.632. The molecule has 24 heavy (non-hydrogen) atoms. The number of nitrogens with zero attached hydrogens (tertiary/aromatic N) is 3. The molecule has 1 aromatic carbocycles. The Hall–Kier alpha value is -1.59. The lowest BCUT2D eigenvalue weighted by atomic mass is 10.1. The molecule has 2 aliphatic rings. The fourth-order valence-corrected chi connectivity index (χ4v) is 3.72. The van der Waals surface area contributed by atoms with Crippen LogP contribution in [-0.2, 0) is 4.79 Å². The lowest BCUT2D eigenvalue weighted by Crippen LogP contribution is -2.47. The van der Waals surface area contributed by atoms with Gasteiger partial charge >= 0.3 is 0 Å². The molecule has 5 nitrogen and oxygen atoms in total. The van der Waals surface area contributed by atoms with Gasteiger partial charge in [0.15, 0.2) is 0 Å². The summed E-state index contributed by atoms with van der Waals surface area (Å²) in [5, 5.41) is 0. The lowest BCUT2D eigenvalue weighted by molar-refractivity contribution is -0.130. The first-order chi connectivity index (χ1) is 11.7. The van der Waals surface area contributed by atoms with Gasteiger partial charge in [-0.1, -0.05) is 12.1 Å². The van der Waals surface area contributed by atoms with E-state index in [9.17, 15) is 4.79 Å². The van der Waals surface area contributed by atoms with Crippen LogP contribution in [0.2, 0.25) is 0 Å². The van der Waals surface area contributed by atoms with Crippen molar-refractivity contribution in [1.82, 2.24) is 9.80 Å². The number of carbonyl (C=O) groups is 1. The molecule has 2 fully saturated rings. The number of carbonyl (C=O) groups excluding carboxylic acids is 1. The second-order valence-electron chi connectivity index (χ2n) is 7.15. The Bertz CT molecular complexity index is 554. The van der Waals surface area contributed by atoms with Crippen molar-refractivity contribution < 1.29 is 4.79 Å². The van der Waals surface area contributed by atoms with Crippen LogP contribution in [0.25, 0.3) is 0 Å². The normalized spacial score (nSPS) is 22.2. The van der Waals surface area contributed by atoms with Gasteiger partial charge in [0.05, 0.1) is 0 Å². The maximum absolute atomic E-state index is 12.3. The molecule has 132 valence electrons. The van der Waals surface area contributed by atoms with Crippen molar-refractivity contribution >= 4 is 11.6 Å². The Morgan fingerprint density at radius 3 is 2.67 bits per heavy atom. The minimum absolute atomic E-state index is 0.298. The minimum atomic E-state index is 0.298. The molecule has 2 aliphatic heterocycles. The number of benzene rings is 1. The van der Waals surface area contributed by atoms with Crippen LogP contribution in [0.5, 0.6) is 0 Å². The van der Waals surface area contributed by atoms with E-state index in [0.29, 0.717) is 24.8 Å². The Kier molecular flexibility index (Phi) is 5.74. The Morgan fingerprint density at radius 2 is 2.00 bits per heavy atom. The average molecular weight is 330 g/mol. The van der Waals surface area contributed by atoms with Crippen molar-refractivity contribution in [2.24, 2.45) is 11.7 Å². The number of hydrogen-bond donors (Lipinski definition) is 1. The molecule has 1 unspecified atom stereocenters. The number of nitrogens with two attached hydrogens (primary N) is 1. The van der Waals surface area contributed by atoms with E-state index in [2.05, 4.69) is 41.0 Å². The Balaban J connectivity index is 1.40. The lowest BCUT2D eigenvalue weighted by Gasteiger charge is -2.36. The predicted molar refractivity (Wildman–Crippen MR) is 98.2 cm³/mol. The number of rotatable bonds is 5. The third kappa shape index (κ3) is 4.28. The summed E-state index contributed by atoms with van der Waals surface area (Å²) in [5.74, 6) is 0.805. The smallest absolute Gasteiger partial charge is 0.223 e. The largest absolute Gasteiger partial charge is 0.369 e. The van der Waals surface area contributed by atoms with E-state index in [-0.39, 0.29) is 0 Å². The van der Waals surface area contributed by atoms with Crippen molar-refractivity contribution in [2.75, 3.05) is 57.3 Å². The highest BCUT2D eigenvalue weighted by Crippen LogP contribution is 2.19. The third-order valence-corrected chi connectivity index (χ3v) is 5.35. The Labute approximate surface area is 145 Å². The first-order valence-electron chi connectivity index (χ1n) is 9.17. The molecule has 2 saturated heterocycles. The summed E-state index contributed by atoms with van der Waals surface area (Å²) in [7, 11) is 0. The zero-order valence-corrected chi connectivity index (χ0v) is 14.8. The summed E-state index contributed by atoms with van der Waals surface area (Å²) in [6.45, 7) is 9.61. The van der Waals surface area contributed by atoms with E-state index in [1.807, 2.05) is 4.90 Å². The standard InChI is InChI=1S/C19H30N4O/c1-16-3-2-4-18(13-16)22-11-9-21(10-12-22)7-6-19(24)23-8-5-17(14-20)15-23/h2-4,13,17H,5-12,14-15,20H2,1H3. The molecule has 0 aliphatic carbocycles. The molecular formula is C19H30N4O. The van der Waals surface area contributed by atoms with E-state index in [0.717, 1.165) is 52.2 Å². The molecule has 1 atom stereocenters. The maximum Gasteiger partial charge on any atom is 0.223 e. The topological polar surface area (TPSA) is 52.8 Å². The predicted octanol–water partition coefficient (Wildman–Crippen LogP) is 1.31. The number of amides is 1. The van der Waals surface area contributed by atoms with Crippen LogP contribution in [-0.4, -0.2) is 68.1 Å². The van der Waals surface area contributed by atoms with E-state index in [1.165, 1.54) is 11.3 Å². The summed E-state index contributed by atoms with van der Waals surface area (Å²) >= 11 is 0. The number of anilines is 1. The van der Waals surface area contributed by atoms with Gasteiger partial charge in [-0.25, -0.2) is 0 Å². The monoisotopic (exact) mass is 330 g/mol. The molecule has 0 bridgehead atoms. The summed E-state index contributed by atoms with van der Waals surface area (Å²) in [6, 6.07) is 8.70. The van der Waals surface area contributed by atoms with Gasteiger partial charge in [0.2, 0.25) is 5.91 Å². The van der Waals surface area contributed by atoms with Crippen molar-refractivity contribution in [1.29, 1.82) is 0 Å². The summed E-state index contributed by atoms with van der Waals surface area (Å²) in [4.78, 5) is 19.2. The van der Waals surface area contributed by atoms with Crippen molar-refractivity contribution in [3.8, 4) is 0 Å². The van der Waals surface area contributed by atoms with Gasteiger partial charge in [-0.05, 0) is 43.5 Å². The molecule has 3 rings (SSSR count). The molecular weight excluding hydrogens is 300 g/mol. The first kappa shape index (κ1) is 17.2. The second-order valence-corrected chi connectivity index (χ2v) is 7.15. The van der Waals surface area contributed by atoms with Crippen LogP contribution in [0.4, 0.5) is 5.69 Å². The maximum atomic E-state index is 12.3. The van der Waals surface area contributed by atoms with E-state index in [1.54, 1.807) is 0 Å². The molecule has 0 saturated carbocycles. The van der Waals surface area contributed by atoms with Crippen LogP contribution in [0.3, 0.4) is 0 Å². The molecule has 0 aromatic heterocycles. The number of aryl methyl sites for hydroxylation is 1. The van der Waals surface area contributed by atoms with Crippen molar-refractivity contribution in [2.45, 2.75) is 19.8 Å². The highest BCUT2D eigenvalue weighted by atomic mass is 16.2. The van der Waals surface area contributed by atoms with E-state index in [4.69, 9.17) is 5.73 Å². The second kappa shape index (κ2) is 7.99. The molecule has 2 N–H and O–H groups in total. The highest BCUT2D eigenvalue weighted by Gasteiger charge is 2.25. The number of piperazine rings is 1. The van der Waals surface area contributed by atoms with Gasteiger partial charge < -0.3 is 15.5 Å². The number of likely N-dealkylation sites (tertiary alicyclic amines) is 1. The van der Waals surface area contributed by atoms with Crippen LogP contribution in [0.1, 0.15) is 18.4 Å². The minimum Gasteiger partial charge on any atom is -0.369 e. The quantitative estimate of drug-likeness (QED) is 0.884. The number of hydrogen-bond acceptors (Lipinski definition) is 4. The Morgan fingerprint density at radius 1 is 1.21 bits per heavy atom. The summed E-state index contributed by atoms with van der Waals surface area (Å²) < 4.78 is 0. The molecule has 1 aromatic rings.